The largest absolute Gasteiger partial charge is 0.452 e. The lowest BCUT2D eigenvalue weighted by molar-refractivity contribution is -0.384. The number of ether oxygens (including phenoxy) is 1. The second-order valence-corrected chi connectivity index (χ2v) is 7.82. The smallest absolute Gasteiger partial charge is 0.308 e. The van der Waals surface area contributed by atoms with Gasteiger partial charge in [-0.05, 0) is 37.3 Å². The van der Waals surface area contributed by atoms with Gasteiger partial charge < -0.3 is 15.4 Å². The number of nitrogens with zero attached hydrogens (tertiary/aromatic N) is 1. The fraction of sp³-hybridized carbons (Fsp3) is 0.571. The summed E-state index contributed by atoms with van der Waals surface area (Å²) in [6.45, 7) is 5.86. The molecule has 1 aromatic carbocycles. The summed E-state index contributed by atoms with van der Waals surface area (Å²) in [5, 5.41) is 16.2. The van der Waals surface area contributed by atoms with E-state index in [1.54, 1.807) is 0 Å². The zero-order valence-electron chi connectivity index (χ0n) is 17.6. The summed E-state index contributed by atoms with van der Waals surface area (Å²) in [5.41, 5.74) is 0.136. The van der Waals surface area contributed by atoms with E-state index in [-0.39, 0.29) is 36.2 Å². The van der Waals surface area contributed by atoms with Crippen molar-refractivity contribution < 1.29 is 24.0 Å². The van der Waals surface area contributed by atoms with Gasteiger partial charge in [0.15, 0.2) is 6.10 Å². The van der Waals surface area contributed by atoms with Crippen LogP contribution in [0.4, 0.5) is 5.69 Å². The van der Waals surface area contributed by atoms with Crippen LogP contribution in [0.3, 0.4) is 0 Å². The summed E-state index contributed by atoms with van der Waals surface area (Å²) in [6.07, 6.45) is 2.15. The third kappa shape index (κ3) is 6.53. The Morgan fingerprint density at radius 2 is 1.87 bits per heavy atom. The van der Waals surface area contributed by atoms with Crippen molar-refractivity contribution in [2.75, 3.05) is 6.54 Å². The number of amides is 2. The molecule has 2 amide bonds. The van der Waals surface area contributed by atoms with Crippen LogP contribution in [-0.4, -0.2) is 41.4 Å². The molecule has 4 atom stereocenters. The molecule has 164 valence electrons. The summed E-state index contributed by atoms with van der Waals surface area (Å²) in [6, 6.07) is 5.23. The molecule has 0 unspecified atom stereocenters. The van der Waals surface area contributed by atoms with Gasteiger partial charge in [0, 0.05) is 30.3 Å². The summed E-state index contributed by atoms with van der Waals surface area (Å²) in [5.74, 6) is -0.443. The van der Waals surface area contributed by atoms with E-state index in [9.17, 15) is 24.5 Å². The highest BCUT2D eigenvalue weighted by molar-refractivity contribution is 5.94. The van der Waals surface area contributed by atoms with Gasteiger partial charge in [0.05, 0.1) is 11.3 Å². The zero-order chi connectivity index (χ0) is 22.3. The SMILES string of the molecule is C[C@@H]1[C@H](C)CCC[C@@H]1NC(=O)[C@@H](C)OC(=O)CCNC(=O)c1ccc([N+](=O)[O-])cc1. The number of benzene rings is 1. The predicted molar refractivity (Wildman–Crippen MR) is 110 cm³/mol. The first-order chi connectivity index (χ1) is 14.2. The van der Waals surface area contributed by atoms with Gasteiger partial charge in [-0.3, -0.25) is 24.5 Å². The second kappa shape index (κ2) is 10.7. The Hall–Kier alpha value is -2.97. The molecule has 0 aromatic heterocycles. The van der Waals surface area contributed by atoms with Crippen LogP contribution in [0.5, 0.6) is 0 Å². The van der Waals surface area contributed by atoms with Crippen LogP contribution < -0.4 is 10.6 Å². The van der Waals surface area contributed by atoms with Crippen molar-refractivity contribution in [2.45, 2.75) is 58.6 Å². The molecule has 2 N–H and O–H groups in total. The number of non-ortho nitro benzene ring substituents is 1. The number of nitro benzene ring substituents is 1. The Morgan fingerprint density at radius 3 is 2.50 bits per heavy atom. The van der Waals surface area contributed by atoms with Crippen LogP contribution in [0.15, 0.2) is 24.3 Å². The third-order valence-corrected chi connectivity index (χ3v) is 5.67. The number of hydrogen-bond acceptors (Lipinski definition) is 6. The van der Waals surface area contributed by atoms with Crippen molar-refractivity contribution in [3.05, 3.63) is 39.9 Å². The van der Waals surface area contributed by atoms with E-state index in [0.29, 0.717) is 11.8 Å². The normalized spacial score (nSPS) is 21.9. The third-order valence-electron chi connectivity index (χ3n) is 5.67. The zero-order valence-corrected chi connectivity index (χ0v) is 17.6. The lowest BCUT2D eigenvalue weighted by Gasteiger charge is -2.35. The molecular weight excluding hydrogens is 390 g/mol. The minimum Gasteiger partial charge on any atom is -0.452 e. The molecule has 1 aliphatic rings. The van der Waals surface area contributed by atoms with Gasteiger partial charge in [0.1, 0.15) is 0 Å². The summed E-state index contributed by atoms with van der Waals surface area (Å²) in [4.78, 5) is 46.4. The molecule has 1 aromatic rings. The average Bonchev–Trinajstić information content (AvgIpc) is 2.71. The van der Waals surface area contributed by atoms with Gasteiger partial charge in [0.2, 0.25) is 0 Å². The fourth-order valence-corrected chi connectivity index (χ4v) is 3.51. The maximum Gasteiger partial charge on any atom is 0.308 e. The molecule has 2 rings (SSSR count). The monoisotopic (exact) mass is 419 g/mol. The Balaban J connectivity index is 1.72. The number of nitro groups is 1. The number of hydrogen-bond donors (Lipinski definition) is 2. The number of esters is 1. The van der Waals surface area contributed by atoms with Gasteiger partial charge >= 0.3 is 5.97 Å². The number of carbonyl (C=O) groups excluding carboxylic acids is 3. The van der Waals surface area contributed by atoms with Crippen molar-refractivity contribution in [3.63, 3.8) is 0 Å². The molecule has 1 fully saturated rings. The molecule has 0 bridgehead atoms. The summed E-state index contributed by atoms with van der Waals surface area (Å²) >= 11 is 0. The van der Waals surface area contributed by atoms with Crippen molar-refractivity contribution >= 4 is 23.5 Å². The van der Waals surface area contributed by atoms with E-state index in [2.05, 4.69) is 24.5 Å². The number of carbonyl (C=O) groups is 3. The van der Waals surface area contributed by atoms with E-state index in [4.69, 9.17) is 4.74 Å². The van der Waals surface area contributed by atoms with Crippen LogP contribution in [0.25, 0.3) is 0 Å². The molecule has 0 spiro atoms. The quantitative estimate of drug-likeness (QED) is 0.379. The fourth-order valence-electron chi connectivity index (χ4n) is 3.51. The van der Waals surface area contributed by atoms with E-state index in [1.807, 2.05) is 0 Å². The van der Waals surface area contributed by atoms with Crippen LogP contribution in [-0.2, 0) is 14.3 Å². The van der Waals surface area contributed by atoms with Crippen molar-refractivity contribution in [1.29, 1.82) is 0 Å². The molecule has 0 saturated heterocycles. The van der Waals surface area contributed by atoms with Gasteiger partial charge in [-0.15, -0.1) is 0 Å². The highest BCUT2D eigenvalue weighted by atomic mass is 16.6. The van der Waals surface area contributed by atoms with E-state index >= 15 is 0 Å². The first-order valence-electron chi connectivity index (χ1n) is 10.2. The molecular formula is C21H29N3O6. The van der Waals surface area contributed by atoms with Crippen molar-refractivity contribution in [2.24, 2.45) is 11.8 Å². The standard InChI is InChI=1S/C21H29N3O6/c1-13-5-4-6-18(14(13)2)23-20(26)15(3)30-19(25)11-12-22-21(27)16-7-9-17(10-8-16)24(28)29/h7-10,13-15,18H,4-6,11-12H2,1-3H3,(H,22,27)(H,23,26)/t13-,14-,15-,18+/m1/s1. The Labute approximate surface area is 175 Å². The highest BCUT2D eigenvalue weighted by Gasteiger charge is 2.30. The number of nitrogens with one attached hydrogen (secondary N) is 2. The minimum atomic E-state index is -0.910. The highest BCUT2D eigenvalue weighted by Crippen LogP contribution is 2.29. The molecule has 1 aliphatic carbocycles. The molecule has 9 heteroatoms. The van der Waals surface area contributed by atoms with E-state index < -0.39 is 22.9 Å². The lowest BCUT2D eigenvalue weighted by atomic mass is 9.78. The molecule has 0 heterocycles. The topological polar surface area (TPSA) is 128 Å². The molecule has 9 nitrogen and oxygen atoms in total. The van der Waals surface area contributed by atoms with Gasteiger partial charge in [0.25, 0.3) is 17.5 Å². The van der Waals surface area contributed by atoms with Gasteiger partial charge in [-0.25, -0.2) is 0 Å². The van der Waals surface area contributed by atoms with E-state index in [0.717, 1.165) is 19.3 Å². The van der Waals surface area contributed by atoms with Crippen LogP contribution >= 0.6 is 0 Å². The Morgan fingerprint density at radius 1 is 1.20 bits per heavy atom. The average molecular weight is 419 g/mol. The summed E-state index contributed by atoms with van der Waals surface area (Å²) in [7, 11) is 0. The minimum absolute atomic E-state index is 0.0279. The Kier molecular flexibility index (Phi) is 8.32. The van der Waals surface area contributed by atoms with Gasteiger partial charge in [-0.2, -0.15) is 0 Å². The first kappa shape index (κ1) is 23.3. The maximum atomic E-state index is 12.3. The van der Waals surface area contributed by atoms with Crippen LogP contribution in [0.2, 0.25) is 0 Å². The Bertz CT molecular complexity index is 779. The lowest BCUT2D eigenvalue weighted by Crippen LogP contribution is -2.47. The molecule has 1 saturated carbocycles. The van der Waals surface area contributed by atoms with Crippen molar-refractivity contribution in [3.8, 4) is 0 Å². The molecule has 30 heavy (non-hydrogen) atoms. The van der Waals surface area contributed by atoms with Crippen molar-refractivity contribution in [1.82, 2.24) is 10.6 Å². The van der Waals surface area contributed by atoms with Gasteiger partial charge in [-0.1, -0.05) is 26.7 Å². The maximum absolute atomic E-state index is 12.3. The first-order valence-corrected chi connectivity index (χ1v) is 10.2. The molecule has 0 radical (unpaired) electrons. The predicted octanol–water partition coefficient (Wildman–Crippen LogP) is 2.59. The summed E-state index contributed by atoms with van der Waals surface area (Å²) < 4.78 is 5.17. The number of rotatable bonds is 8. The van der Waals surface area contributed by atoms with Crippen LogP contribution in [0.1, 0.15) is 56.8 Å². The van der Waals surface area contributed by atoms with Crippen LogP contribution in [0, 0.1) is 22.0 Å². The molecule has 0 aliphatic heterocycles. The van der Waals surface area contributed by atoms with E-state index in [1.165, 1.54) is 31.2 Å². The second-order valence-electron chi connectivity index (χ2n) is 7.82.